The summed E-state index contributed by atoms with van der Waals surface area (Å²) in [6.45, 7) is 5.13. The van der Waals surface area contributed by atoms with Crippen LogP contribution in [-0.2, 0) is 0 Å². The molecule has 1 aromatic heterocycles. The van der Waals surface area contributed by atoms with E-state index in [1.165, 1.54) is 6.07 Å². The molecule has 0 aliphatic rings. The van der Waals surface area contributed by atoms with Crippen LogP contribution in [0.5, 0.6) is 0 Å². The van der Waals surface area contributed by atoms with Crippen molar-refractivity contribution in [3.63, 3.8) is 0 Å². The van der Waals surface area contributed by atoms with Gasteiger partial charge in [0.05, 0.1) is 11.9 Å². The van der Waals surface area contributed by atoms with Crippen molar-refractivity contribution >= 4 is 17.5 Å². The minimum atomic E-state index is -0.353. The quantitative estimate of drug-likeness (QED) is 0.847. The molecule has 106 valence electrons. The van der Waals surface area contributed by atoms with Crippen molar-refractivity contribution in [1.82, 2.24) is 15.2 Å². The van der Waals surface area contributed by atoms with Crippen LogP contribution < -0.4 is 10.6 Å². The predicted molar refractivity (Wildman–Crippen MR) is 77.5 cm³/mol. The molecule has 2 aromatic rings. The van der Waals surface area contributed by atoms with E-state index in [4.69, 9.17) is 0 Å². The molecule has 0 radical (unpaired) electrons. The van der Waals surface area contributed by atoms with Crippen molar-refractivity contribution in [3.05, 3.63) is 36.3 Å². The molecule has 2 rings (SSSR count). The molecule has 2 N–H and O–H groups in total. The second-order valence-corrected chi connectivity index (χ2v) is 4.88. The number of nitrogens with zero attached hydrogens (tertiary/aromatic N) is 3. The maximum absolute atomic E-state index is 13.5. The van der Waals surface area contributed by atoms with Gasteiger partial charge in [-0.25, -0.2) is 4.39 Å². The number of aromatic nitrogens is 3. The van der Waals surface area contributed by atoms with Gasteiger partial charge < -0.3 is 10.6 Å². The molecule has 0 atom stereocenters. The highest BCUT2D eigenvalue weighted by Crippen LogP contribution is 2.16. The summed E-state index contributed by atoms with van der Waals surface area (Å²) in [6.07, 6.45) is 2.59. The van der Waals surface area contributed by atoms with Crippen LogP contribution in [0.1, 0.15) is 20.3 Å². The monoisotopic (exact) mass is 275 g/mol. The molecule has 0 fully saturated rings. The van der Waals surface area contributed by atoms with Gasteiger partial charge in [-0.3, -0.25) is 0 Å². The van der Waals surface area contributed by atoms with E-state index in [0.29, 0.717) is 17.4 Å². The fourth-order valence-corrected chi connectivity index (χ4v) is 1.61. The van der Waals surface area contributed by atoms with E-state index in [9.17, 15) is 4.39 Å². The molecular weight excluding hydrogens is 257 g/mol. The first-order valence-corrected chi connectivity index (χ1v) is 6.60. The molecule has 0 amide bonds. The Morgan fingerprint density at radius 1 is 1.25 bits per heavy atom. The minimum absolute atomic E-state index is 0.268. The Morgan fingerprint density at radius 3 is 2.80 bits per heavy atom. The van der Waals surface area contributed by atoms with Crippen LogP contribution in [0.15, 0.2) is 30.5 Å². The summed E-state index contributed by atoms with van der Waals surface area (Å²) < 4.78 is 13.5. The lowest BCUT2D eigenvalue weighted by Crippen LogP contribution is -2.08. The summed E-state index contributed by atoms with van der Waals surface area (Å²) in [4.78, 5) is 4.24. The summed E-state index contributed by atoms with van der Waals surface area (Å²) >= 11 is 0. The van der Waals surface area contributed by atoms with Crippen LogP contribution in [0.2, 0.25) is 0 Å². The molecule has 0 saturated carbocycles. The van der Waals surface area contributed by atoms with Crippen LogP contribution >= 0.6 is 0 Å². The van der Waals surface area contributed by atoms with E-state index in [1.807, 2.05) is 0 Å². The lowest BCUT2D eigenvalue weighted by Gasteiger charge is -2.09. The topological polar surface area (TPSA) is 62.7 Å². The number of para-hydroxylation sites is 1. The fraction of sp³-hybridized carbons (Fsp3) is 0.357. The molecule has 0 aliphatic carbocycles. The maximum atomic E-state index is 13.5. The molecular formula is C14H18FN5. The van der Waals surface area contributed by atoms with Crippen LogP contribution in [0, 0.1) is 11.7 Å². The van der Waals surface area contributed by atoms with Crippen LogP contribution in [0.25, 0.3) is 0 Å². The average Bonchev–Trinajstić information content (AvgIpc) is 2.41. The van der Waals surface area contributed by atoms with Crippen molar-refractivity contribution in [1.29, 1.82) is 0 Å². The zero-order chi connectivity index (χ0) is 14.4. The van der Waals surface area contributed by atoms with Crippen molar-refractivity contribution in [2.75, 3.05) is 17.2 Å². The Kier molecular flexibility index (Phi) is 4.81. The van der Waals surface area contributed by atoms with Gasteiger partial charge in [0.25, 0.3) is 0 Å². The Balaban J connectivity index is 2.01. The van der Waals surface area contributed by atoms with E-state index < -0.39 is 0 Å². The fourth-order valence-electron chi connectivity index (χ4n) is 1.61. The Labute approximate surface area is 117 Å². The van der Waals surface area contributed by atoms with E-state index in [1.54, 1.807) is 24.4 Å². The molecule has 0 spiro atoms. The highest BCUT2D eigenvalue weighted by Gasteiger charge is 2.04. The SMILES string of the molecule is CC(C)CCNc1cnnc(Nc2ccccc2F)n1. The second-order valence-electron chi connectivity index (χ2n) is 4.88. The number of rotatable bonds is 6. The summed E-state index contributed by atoms with van der Waals surface area (Å²) in [7, 11) is 0. The Hall–Kier alpha value is -2.24. The molecule has 0 unspecified atom stereocenters. The van der Waals surface area contributed by atoms with E-state index in [0.717, 1.165) is 13.0 Å². The van der Waals surface area contributed by atoms with Crippen LogP contribution in [0.3, 0.4) is 0 Å². The highest BCUT2D eigenvalue weighted by atomic mass is 19.1. The summed E-state index contributed by atoms with van der Waals surface area (Å²) in [5.41, 5.74) is 0.327. The largest absolute Gasteiger partial charge is 0.369 e. The number of benzene rings is 1. The van der Waals surface area contributed by atoms with Gasteiger partial charge in [0, 0.05) is 6.54 Å². The third-order valence-corrected chi connectivity index (χ3v) is 2.71. The van der Waals surface area contributed by atoms with Crippen molar-refractivity contribution in [2.45, 2.75) is 20.3 Å². The molecule has 1 heterocycles. The van der Waals surface area contributed by atoms with Crippen molar-refractivity contribution in [3.8, 4) is 0 Å². The molecule has 0 bridgehead atoms. The number of nitrogens with one attached hydrogen (secondary N) is 2. The molecule has 0 aliphatic heterocycles. The van der Waals surface area contributed by atoms with Crippen LogP contribution in [0.4, 0.5) is 21.8 Å². The standard InChI is InChI=1S/C14H18FN5/c1-10(2)7-8-16-13-9-17-20-14(19-13)18-12-6-4-3-5-11(12)15/h3-6,9-10H,7-8H2,1-2H3,(H2,16,18,19,20). The third kappa shape index (κ3) is 4.15. The average molecular weight is 275 g/mol. The number of hydrogen-bond acceptors (Lipinski definition) is 5. The van der Waals surface area contributed by atoms with Gasteiger partial charge in [0.15, 0.2) is 5.82 Å². The van der Waals surface area contributed by atoms with E-state index in [2.05, 4.69) is 39.7 Å². The van der Waals surface area contributed by atoms with E-state index >= 15 is 0 Å². The molecule has 5 nitrogen and oxygen atoms in total. The van der Waals surface area contributed by atoms with Gasteiger partial charge >= 0.3 is 0 Å². The van der Waals surface area contributed by atoms with Gasteiger partial charge in [-0.05, 0) is 24.5 Å². The number of hydrogen-bond donors (Lipinski definition) is 2. The first-order valence-electron chi connectivity index (χ1n) is 6.60. The van der Waals surface area contributed by atoms with Crippen LogP contribution in [-0.4, -0.2) is 21.7 Å². The zero-order valence-electron chi connectivity index (χ0n) is 11.6. The third-order valence-electron chi connectivity index (χ3n) is 2.71. The van der Waals surface area contributed by atoms with Gasteiger partial charge in [-0.2, -0.15) is 10.1 Å². The maximum Gasteiger partial charge on any atom is 0.249 e. The number of anilines is 3. The van der Waals surface area contributed by atoms with Gasteiger partial charge in [0.1, 0.15) is 5.82 Å². The van der Waals surface area contributed by atoms with Gasteiger partial charge in [0.2, 0.25) is 5.95 Å². The van der Waals surface area contributed by atoms with Crippen molar-refractivity contribution in [2.24, 2.45) is 5.92 Å². The van der Waals surface area contributed by atoms with Gasteiger partial charge in [-0.15, -0.1) is 5.10 Å². The lowest BCUT2D eigenvalue weighted by atomic mass is 10.1. The second kappa shape index (κ2) is 6.79. The summed E-state index contributed by atoms with van der Waals surface area (Å²) in [5.74, 6) is 1.16. The lowest BCUT2D eigenvalue weighted by molar-refractivity contribution is 0.606. The summed E-state index contributed by atoms with van der Waals surface area (Å²) in [5, 5.41) is 13.7. The smallest absolute Gasteiger partial charge is 0.249 e. The molecule has 6 heteroatoms. The first kappa shape index (κ1) is 14.2. The Morgan fingerprint density at radius 2 is 2.05 bits per heavy atom. The molecule has 20 heavy (non-hydrogen) atoms. The normalized spacial score (nSPS) is 10.6. The minimum Gasteiger partial charge on any atom is -0.369 e. The summed E-state index contributed by atoms with van der Waals surface area (Å²) in [6, 6.07) is 6.37. The van der Waals surface area contributed by atoms with Crippen molar-refractivity contribution < 1.29 is 4.39 Å². The molecule has 0 saturated heterocycles. The number of halogens is 1. The predicted octanol–water partition coefficient (Wildman–Crippen LogP) is 3.21. The first-order chi connectivity index (χ1) is 9.65. The van der Waals surface area contributed by atoms with E-state index in [-0.39, 0.29) is 11.8 Å². The highest BCUT2D eigenvalue weighted by molar-refractivity contribution is 5.54. The zero-order valence-corrected chi connectivity index (χ0v) is 11.6. The van der Waals surface area contributed by atoms with Gasteiger partial charge in [-0.1, -0.05) is 26.0 Å². The molecule has 1 aromatic carbocycles. The Bertz CT molecular complexity index is 559.